The Labute approximate surface area is 76.8 Å². The maximum Gasteiger partial charge on any atom is 0.0624 e. The molecule has 70 valence electrons. The Kier molecular flexibility index (Phi) is 5.80. The van der Waals surface area contributed by atoms with E-state index in [-0.39, 0.29) is 0 Å². The van der Waals surface area contributed by atoms with Crippen LogP contribution < -0.4 is 0 Å². The normalized spacial score (nSPS) is 17.9. The van der Waals surface area contributed by atoms with Gasteiger partial charge in [-0.25, -0.2) is 0 Å². The lowest BCUT2D eigenvalue weighted by Gasteiger charge is -2.26. The molecule has 3 unspecified atom stereocenters. The molecule has 0 fully saturated rings. The van der Waals surface area contributed by atoms with Gasteiger partial charge in [-0.3, -0.25) is 0 Å². The van der Waals surface area contributed by atoms with Gasteiger partial charge in [0.05, 0.1) is 6.07 Å². The van der Waals surface area contributed by atoms with Crippen LogP contribution in [-0.4, -0.2) is 0 Å². The van der Waals surface area contributed by atoms with Crippen LogP contribution in [0.4, 0.5) is 0 Å². The van der Waals surface area contributed by atoms with Crippen molar-refractivity contribution in [2.24, 2.45) is 17.8 Å². The number of hydrogen-bond acceptors (Lipinski definition) is 1. The van der Waals surface area contributed by atoms with E-state index >= 15 is 0 Å². The molecule has 3 atom stereocenters. The van der Waals surface area contributed by atoms with Crippen LogP contribution in [0.1, 0.15) is 47.0 Å². The highest BCUT2D eigenvalue weighted by Crippen LogP contribution is 2.28. The third kappa shape index (κ3) is 3.26. The minimum absolute atomic E-state index is 0.565. The molecule has 0 saturated carbocycles. The Morgan fingerprint density at radius 2 is 1.67 bits per heavy atom. The summed E-state index contributed by atoms with van der Waals surface area (Å²) < 4.78 is 0. The van der Waals surface area contributed by atoms with Gasteiger partial charge in [-0.1, -0.05) is 40.5 Å². The van der Waals surface area contributed by atoms with Gasteiger partial charge in [-0.2, -0.15) is 5.26 Å². The maximum atomic E-state index is 8.59. The van der Waals surface area contributed by atoms with Crippen molar-refractivity contribution in [1.82, 2.24) is 0 Å². The van der Waals surface area contributed by atoms with Gasteiger partial charge < -0.3 is 0 Å². The first-order chi connectivity index (χ1) is 5.67. The van der Waals surface area contributed by atoms with Crippen molar-refractivity contribution in [3.8, 4) is 6.07 Å². The molecule has 0 spiro atoms. The van der Waals surface area contributed by atoms with Crippen LogP contribution >= 0.6 is 0 Å². The Hall–Kier alpha value is -0.510. The summed E-state index contributed by atoms with van der Waals surface area (Å²) in [6, 6.07) is 2.26. The second-order valence-electron chi connectivity index (χ2n) is 3.80. The summed E-state index contributed by atoms with van der Waals surface area (Å²) in [6.45, 7) is 8.95. The molecule has 0 heterocycles. The van der Waals surface area contributed by atoms with Crippen molar-refractivity contribution in [3.63, 3.8) is 0 Å². The Balaban J connectivity index is 4.05. The van der Waals surface area contributed by atoms with Gasteiger partial charge in [-0.15, -0.1) is 0 Å². The summed E-state index contributed by atoms with van der Waals surface area (Å²) in [5.41, 5.74) is 0. The van der Waals surface area contributed by atoms with Crippen LogP contribution in [0.15, 0.2) is 0 Å². The summed E-state index contributed by atoms with van der Waals surface area (Å²) in [5, 5.41) is 8.59. The first-order valence-corrected chi connectivity index (χ1v) is 5.04. The van der Waals surface area contributed by atoms with E-state index < -0.39 is 0 Å². The lowest BCUT2D eigenvalue weighted by molar-refractivity contribution is 0.244. The van der Waals surface area contributed by atoms with Crippen LogP contribution in [0, 0.1) is 29.1 Å². The highest BCUT2D eigenvalue weighted by atomic mass is 14.3. The van der Waals surface area contributed by atoms with Crippen LogP contribution in [-0.2, 0) is 0 Å². The molecule has 0 aliphatic rings. The number of hydrogen-bond donors (Lipinski definition) is 0. The van der Waals surface area contributed by atoms with E-state index in [9.17, 15) is 0 Å². The molecule has 0 aromatic rings. The average molecular weight is 167 g/mol. The molecule has 0 aliphatic carbocycles. The molecule has 0 N–H and O–H groups in total. The van der Waals surface area contributed by atoms with E-state index in [1.807, 2.05) is 0 Å². The van der Waals surface area contributed by atoms with E-state index in [1.165, 1.54) is 12.8 Å². The highest BCUT2D eigenvalue weighted by molar-refractivity contribution is 4.79. The van der Waals surface area contributed by atoms with Gasteiger partial charge in [0.15, 0.2) is 0 Å². The summed E-state index contributed by atoms with van der Waals surface area (Å²) >= 11 is 0. The smallest absolute Gasteiger partial charge is 0.0624 e. The average Bonchev–Trinajstić information content (AvgIpc) is 2.06. The largest absolute Gasteiger partial charge is 0.198 e. The molecule has 0 aromatic carbocycles. The Morgan fingerprint density at radius 1 is 1.08 bits per heavy atom. The van der Waals surface area contributed by atoms with Crippen molar-refractivity contribution < 1.29 is 0 Å². The van der Waals surface area contributed by atoms with Crippen molar-refractivity contribution >= 4 is 0 Å². The van der Waals surface area contributed by atoms with E-state index in [2.05, 4.69) is 33.8 Å². The molecular weight excluding hydrogens is 146 g/mol. The van der Waals surface area contributed by atoms with Crippen LogP contribution in [0.2, 0.25) is 0 Å². The van der Waals surface area contributed by atoms with Crippen molar-refractivity contribution in [1.29, 1.82) is 5.26 Å². The Morgan fingerprint density at radius 3 is 2.00 bits per heavy atom. The highest BCUT2D eigenvalue weighted by Gasteiger charge is 2.20. The molecule has 1 heteroatoms. The summed E-state index contributed by atoms with van der Waals surface area (Å²) in [5.74, 6) is 2.06. The molecule has 0 aliphatic heterocycles. The predicted octanol–water partition coefficient (Wildman–Crippen LogP) is 3.61. The SMILES string of the molecule is CCC(C)C(CC)C(C)CC#N. The summed E-state index contributed by atoms with van der Waals surface area (Å²) in [6.07, 6.45) is 3.15. The molecule has 0 radical (unpaired) electrons. The van der Waals surface area contributed by atoms with E-state index in [1.54, 1.807) is 0 Å². The molecule has 12 heavy (non-hydrogen) atoms. The van der Waals surface area contributed by atoms with Crippen LogP contribution in [0.5, 0.6) is 0 Å². The minimum Gasteiger partial charge on any atom is -0.198 e. The van der Waals surface area contributed by atoms with Gasteiger partial charge in [0.1, 0.15) is 0 Å². The number of rotatable bonds is 5. The quantitative estimate of drug-likeness (QED) is 0.613. The standard InChI is InChI=1S/C11H21N/c1-5-9(3)11(6-2)10(4)7-8-12/h9-11H,5-7H2,1-4H3. The van der Waals surface area contributed by atoms with E-state index in [4.69, 9.17) is 5.26 Å². The molecule has 1 nitrogen and oxygen atoms in total. The molecular formula is C11H21N. The fraction of sp³-hybridized carbons (Fsp3) is 0.909. The number of nitriles is 1. The molecule has 0 saturated heterocycles. The maximum absolute atomic E-state index is 8.59. The second kappa shape index (κ2) is 6.06. The van der Waals surface area contributed by atoms with Gasteiger partial charge in [0.25, 0.3) is 0 Å². The zero-order valence-electron chi connectivity index (χ0n) is 8.80. The fourth-order valence-electron chi connectivity index (χ4n) is 1.96. The second-order valence-corrected chi connectivity index (χ2v) is 3.80. The molecule has 0 amide bonds. The first kappa shape index (κ1) is 11.5. The number of nitrogens with zero attached hydrogens (tertiary/aromatic N) is 1. The van der Waals surface area contributed by atoms with Gasteiger partial charge >= 0.3 is 0 Å². The zero-order chi connectivity index (χ0) is 9.56. The van der Waals surface area contributed by atoms with Gasteiger partial charge in [0.2, 0.25) is 0 Å². The third-order valence-electron chi connectivity index (χ3n) is 2.99. The van der Waals surface area contributed by atoms with E-state index in [0.717, 1.165) is 11.8 Å². The third-order valence-corrected chi connectivity index (χ3v) is 2.99. The first-order valence-electron chi connectivity index (χ1n) is 5.04. The van der Waals surface area contributed by atoms with Crippen molar-refractivity contribution in [2.45, 2.75) is 47.0 Å². The lowest BCUT2D eigenvalue weighted by Crippen LogP contribution is -2.18. The summed E-state index contributed by atoms with van der Waals surface area (Å²) in [7, 11) is 0. The Bertz CT molecular complexity index is 146. The zero-order valence-corrected chi connectivity index (χ0v) is 8.80. The molecule has 0 rings (SSSR count). The van der Waals surface area contributed by atoms with Gasteiger partial charge in [0, 0.05) is 6.42 Å². The van der Waals surface area contributed by atoms with Gasteiger partial charge in [-0.05, 0) is 17.8 Å². The molecule has 0 bridgehead atoms. The summed E-state index contributed by atoms with van der Waals surface area (Å²) in [4.78, 5) is 0. The van der Waals surface area contributed by atoms with Crippen molar-refractivity contribution in [3.05, 3.63) is 0 Å². The van der Waals surface area contributed by atoms with Crippen LogP contribution in [0.25, 0.3) is 0 Å². The monoisotopic (exact) mass is 167 g/mol. The minimum atomic E-state index is 0.565. The van der Waals surface area contributed by atoms with Crippen molar-refractivity contribution in [2.75, 3.05) is 0 Å². The topological polar surface area (TPSA) is 23.8 Å². The van der Waals surface area contributed by atoms with E-state index in [0.29, 0.717) is 12.3 Å². The van der Waals surface area contributed by atoms with Crippen LogP contribution in [0.3, 0.4) is 0 Å². The fourth-order valence-corrected chi connectivity index (χ4v) is 1.96. The molecule has 0 aromatic heterocycles. The lowest BCUT2D eigenvalue weighted by atomic mass is 9.79. The predicted molar refractivity (Wildman–Crippen MR) is 52.6 cm³/mol.